The molecule has 0 saturated heterocycles. The normalized spacial score (nSPS) is 18.9. The van der Waals surface area contributed by atoms with Gasteiger partial charge in [-0.05, 0) is 54.7 Å². The molecule has 0 amide bonds. The van der Waals surface area contributed by atoms with Crippen molar-refractivity contribution in [2.75, 3.05) is 0 Å². The summed E-state index contributed by atoms with van der Waals surface area (Å²) in [5, 5.41) is 4.57. The topological polar surface area (TPSA) is 12.0 Å². The van der Waals surface area contributed by atoms with Crippen molar-refractivity contribution in [2.45, 2.75) is 31.8 Å². The third-order valence-corrected chi connectivity index (χ3v) is 4.96. The Bertz CT molecular complexity index is 626. The van der Waals surface area contributed by atoms with E-state index in [1.165, 1.54) is 16.7 Å². The summed E-state index contributed by atoms with van der Waals surface area (Å²) in [4.78, 5) is 0. The first kappa shape index (κ1) is 14.1. The molecule has 3 heteroatoms. The van der Waals surface area contributed by atoms with Crippen molar-refractivity contribution in [3.8, 4) is 0 Å². The van der Waals surface area contributed by atoms with E-state index in [0.29, 0.717) is 12.1 Å². The number of nitrogens with one attached hydrogen (secondary N) is 1. The summed E-state index contributed by atoms with van der Waals surface area (Å²) < 4.78 is 1.16. The summed E-state index contributed by atoms with van der Waals surface area (Å²) in [7, 11) is 0. The number of halogens is 2. The number of hydrogen-bond acceptors (Lipinski definition) is 1. The van der Waals surface area contributed by atoms with Crippen LogP contribution in [0.4, 0.5) is 0 Å². The fourth-order valence-electron chi connectivity index (χ4n) is 2.98. The second-order valence-corrected chi connectivity index (χ2v) is 6.64. The molecule has 1 N–H and O–H groups in total. The van der Waals surface area contributed by atoms with Crippen LogP contribution in [0.15, 0.2) is 46.9 Å². The Morgan fingerprint density at radius 1 is 1.25 bits per heavy atom. The van der Waals surface area contributed by atoms with Crippen LogP contribution in [0.1, 0.15) is 42.1 Å². The summed E-state index contributed by atoms with van der Waals surface area (Å²) >= 11 is 9.70. The standard InChI is InChI=1S/C17H17BrClN/c1-11(14-4-2-3-5-16(14)18)20-17-9-6-12-10-13(19)7-8-15(12)17/h2-5,7-8,10-11,17,20H,6,9H2,1H3. The van der Waals surface area contributed by atoms with Gasteiger partial charge < -0.3 is 5.32 Å². The van der Waals surface area contributed by atoms with Gasteiger partial charge in [0.2, 0.25) is 0 Å². The van der Waals surface area contributed by atoms with Gasteiger partial charge in [-0.1, -0.05) is 51.8 Å². The van der Waals surface area contributed by atoms with Crippen LogP contribution in [-0.4, -0.2) is 0 Å². The third-order valence-electron chi connectivity index (χ3n) is 4.01. The van der Waals surface area contributed by atoms with E-state index >= 15 is 0 Å². The highest BCUT2D eigenvalue weighted by molar-refractivity contribution is 9.10. The molecule has 3 rings (SSSR count). The molecule has 0 bridgehead atoms. The van der Waals surface area contributed by atoms with E-state index in [2.05, 4.69) is 58.5 Å². The summed E-state index contributed by atoms with van der Waals surface area (Å²) in [6, 6.07) is 15.4. The molecule has 0 saturated carbocycles. The van der Waals surface area contributed by atoms with Gasteiger partial charge in [0.05, 0.1) is 0 Å². The Labute approximate surface area is 133 Å². The molecule has 2 aromatic carbocycles. The molecule has 1 aliphatic rings. The van der Waals surface area contributed by atoms with E-state index in [4.69, 9.17) is 11.6 Å². The van der Waals surface area contributed by atoms with E-state index in [0.717, 1.165) is 22.3 Å². The maximum absolute atomic E-state index is 6.07. The minimum Gasteiger partial charge on any atom is -0.303 e. The third kappa shape index (κ3) is 2.78. The molecular formula is C17H17BrClN. The van der Waals surface area contributed by atoms with Crippen LogP contribution in [0.25, 0.3) is 0 Å². The van der Waals surface area contributed by atoms with Gasteiger partial charge in [-0.3, -0.25) is 0 Å². The average Bonchev–Trinajstić information content (AvgIpc) is 2.81. The fourth-order valence-corrected chi connectivity index (χ4v) is 3.80. The molecule has 1 aliphatic carbocycles. The molecule has 104 valence electrons. The second-order valence-electron chi connectivity index (χ2n) is 5.34. The van der Waals surface area contributed by atoms with E-state index in [9.17, 15) is 0 Å². The zero-order valence-corrected chi connectivity index (χ0v) is 13.7. The van der Waals surface area contributed by atoms with Gasteiger partial charge in [0, 0.05) is 21.6 Å². The van der Waals surface area contributed by atoms with Gasteiger partial charge in [-0.15, -0.1) is 0 Å². The van der Waals surface area contributed by atoms with Crippen LogP contribution in [0.5, 0.6) is 0 Å². The molecule has 2 unspecified atom stereocenters. The summed E-state index contributed by atoms with van der Waals surface area (Å²) in [5.74, 6) is 0. The summed E-state index contributed by atoms with van der Waals surface area (Å²) in [6.07, 6.45) is 2.25. The van der Waals surface area contributed by atoms with Gasteiger partial charge in [0.15, 0.2) is 0 Å². The Kier molecular flexibility index (Phi) is 4.16. The number of fused-ring (bicyclic) bond motifs is 1. The first-order valence-corrected chi connectivity index (χ1v) is 8.11. The minimum atomic E-state index is 0.317. The Hall–Kier alpha value is -0.830. The van der Waals surface area contributed by atoms with Crippen LogP contribution in [0.3, 0.4) is 0 Å². The number of aryl methyl sites for hydroxylation is 1. The molecule has 0 fully saturated rings. The van der Waals surface area contributed by atoms with Crippen molar-refractivity contribution in [1.82, 2.24) is 5.32 Å². The summed E-state index contributed by atoms with van der Waals surface area (Å²) in [6.45, 7) is 2.22. The van der Waals surface area contributed by atoms with Crippen molar-refractivity contribution in [2.24, 2.45) is 0 Å². The summed E-state index contributed by atoms with van der Waals surface area (Å²) in [5.41, 5.74) is 4.08. The van der Waals surface area contributed by atoms with Crippen LogP contribution >= 0.6 is 27.5 Å². The van der Waals surface area contributed by atoms with Gasteiger partial charge in [-0.2, -0.15) is 0 Å². The van der Waals surface area contributed by atoms with Crippen LogP contribution in [0.2, 0.25) is 5.02 Å². The van der Waals surface area contributed by atoms with E-state index in [1.54, 1.807) is 0 Å². The number of benzene rings is 2. The highest BCUT2D eigenvalue weighted by Gasteiger charge is 2.24. The van der Waals surface area contributed by atoms with Gasteiger partial charge in [-0.25, -0.2) is 0 Å². The van der Waals surface area contributed by atoms with E-state index < -0.39 is 0 Å². The number of rotatable bonds is 3. The van der Waals surface area contributed by atoms with Crippen molar-refractivity contribution >= 4 is 27.5 Å². The zero-order valence-electron chi connectivity index (χ0n) is 11.4. The molecule has 20 heavy (non-hydrogen) atoms. The predicted molar refractivity (Wildman–Crippen MR) is 88.2 cm³/mol. The lowest BCUT2D eigenvalue weighted by atomic mass is 10.0. The van der Waals surface area contributed by atoms with Gasteiger partial charge >= 0.3 is 0 Å². The lowest BCUT2D eigenvalue weighted by Crippen LogP contribution is -2.23. The number of hydrogen-bond donors (Lipinski definition) is 1. The smallest absolute Gasteiger partial charge is 0.0408 e. The highest BCUT2D eigenvalue weighted by atomic mass is 79.9. The molecule has 0 aromatic heterocycles. The zero-order chi connectivity index (χ0) is 14.1. The molecule has 0 aliphatic heterocycles. The van der Waals surface area contributed by atoms with Crippen LogP contribution in [0, 0.1) is 0 Å². The highest BCUT2D eigenvalue weighted by Crippen LogP contribution is 2.35. The van der Waals surface area contributed by atoms with Crippen molar-refractivity contribution in [3.05, 3.63) is 68.7 Å². The first-order valence-electron chi connectivity index (χ1n) is 6.94. The average molecular weight is 351 g/mol. The molecule has 0 heterocycles. The van der Waals surface area contributed by atoms with E-state index in [-0.39, 0.29) is 0 Å². The van der Waals surface area contributed by atoms with Crippen molar-refractivity contribution in [1.29, 1.82) is 0 Å². The molecule has 2 atom stereocenters. The SMILES string of the molecule is CC(NC1CCc2cc(Cl)ccc21)c1ccccc1Br. The minimum absolute atomic E-state index is 0.317. The second kappa shape index (κ2) is 5.88. The Morgan fingerprint density at radius 3 is 2.85 bits per heavy atom. The van der Waals surface area contributed by atoms with Gasteiger partial charge in [0.25, 0.3) is 0 Å². The Morgan fingerprint density at radius 2 is 2.05 bits per heavy atom. The molecule has 0 spiro atoms. The lowest BCUT2D eigenvalue weighted by molar-refractivity contribution is 0.464. The first-order chi connectivity index (χ1) is 9.65. The van der Waals surface area contributed by atoms with Crippen molar-refractivity contribution in [3.63, 3.8) is 0 Å². The van der Waals surface area contributed by atoms with Gasteiger partial charge in [0.1, 0.15) is 0 Å². The molecule has 1 nitrogen and oxygen atoms in total. The maximum Gasteiger partial charge on any atom is 0.0408 e. The monoisotopic (exact) mass is 349 g/mol. The quantitative estimate of drug-likeness (QED) is 0.777. The molecule has 2 aromatic rings. The predicted octanol–water partition coefficient (Wildman–Crippen LogP) is 5.44. The molecular weight excluding hydrogens is 334 g/mol. The van der Waals surface area contributed by atoms with E-state index in [1.807, 2.05) is 12.1 Å². The molecule has 0 radical (unpaired) electrons. The maximum atomic E-state index is 6.07. The van der Waals surface area contributed by atoms with Crippen LogP contribution < -0.4 is 5.32 Å². The Balaban J connectivity index is 1.79. The largest absolute Gasteiger partial charge is 0.303 e. The lowest BCUT2D eigenvalue weighted by Gasteiger charge is -2.21. The van der Waals surface area contributed by atoms with Crippen molar-refractivity contribution < 1.29 is 0 Å². The van der Waals surface area contributed by atoms with Crippen LogP contribution in [-0.2, 0) is 6.42 Å². The fraction of sp³-hybridized carbons (Fsp3) is 0.294.